The number of allylic oxidation sites excluding steroid dienone is 3. The average Bonchev–Trinajstić information content (AvgIpc) is 3.21. The SMILES string of the molecule is CC(C)CC(F)(F)C(=O)/C=C/[C@H]1[C@H](OC2CCCCO2)CC(=O)[C@@H]1C/C=C\CCCC(=O)OCc1ccccc1. The van der Waals surface area contributed by atoms with Crippen LogP contribution in [0.3, 0.4) is 0 Å². The second-order valence-corrected chi connectivity index (χ2v) is 11.1. The van der Waals surface area contributed by atoms with E-state index in [9.17, 15) is 23.2 Å². The molecule has 4 atom stereocenters. The maximum Gasteiger partial charge on any atom is 0.309 e. The molecule has 0 radical (unpaired) electrons. The normalized spacial score (nSPS) is 23.9. The molecule has 8 heteroatoms. The lowest BCUT2D eigenvalue weighted by molar-refractivity contribution is -0.192. The fourth-order valence-electron chi connectivity index (χ4n) is 5.13. The molecule has 0 aromatic heterocycles. The van der Waals surface area contributed by atoms with Crippen LogP contribution in [0.5, 0.6) is 0 Å². The topological polar surface area (TPSA) is 78.9 Å². The summed E-state index contributed by atoms with van der Waals surface area (Å²) in [6.07, 6.45) is 9.37. The third-order valence-corrected chi connectivity index (χ3v) is 7.22. The van der Waals surface area contributed by atoms with Gasteiger partial charge in [-0.05, 0) is 56.1 Å². The summed E-state index contributed by atoms with van der Waals surface area (Å²) in [5, 5.41) is 0. The number of hydrogen-bond donors (Lipinski definition) is 0. The van der Waals surface area contributed by atoms with Crippen LogP contribution < -0.4 is 0 Å². The minimum atomic E-state index is -3.45. The van der Waals surface area contributed by atoms with E-state index in [1.54, 1.807) is 13.8 Å². The Bertz CT molecular complexity index is 1010. The third-order valence-electron chi connectivity index (χ3n) is 7.22. The molecule has 220 valence electrons. The number of carbonyl (C=O) groups is 3. The second kappa shape index (κ2) is 15.9. The summed E-state index contributed by atoms with van der Waals surface area (Å²) in [6, 6.07) is 9.48. The molecule has 2 aliphatic rings. The Balaban J connectivity index is 1.54. The van der Waals surface area contributed by atoms with Gasteiger partial charge < -0.3 is 14.2 Å². The molecule has 40 heavy (non-hydrogen) atoms. The third kappa shape index (κ3) is 10.4. The van der Waals surface area contributed by atoms with E-state index in [2.05, 4.69) is 0 Å². The van der Waals surface area contributed by atoms with Crippen LogP contribution in [0, 0.1) is 17.8 Å². The van der Waals surface area contributed by atoms with Crippen LogP contribution in [0.4, 0.5) is 8.78 Å². The largest absolute Gasteiger partial charge is 0.461 e. The molecule has 1 unspecified atom stereocenters. The van der Waals surface area contributed by atoms with E-state index in [-0.39, 0.29) is 37.1 Å². The second-order valence-electron chi connectivity index (χ2n) is 11.1. The van der Waals surface area contributed by atoms with Crippen molar-refractivity contribution in [1.82, 2.24) is 0 Å². The zero-order valence-corrected chi connectivity index (χ0v) is 23.6. The van der Waals surface area contributed by atoms with E-state index in [1.165, 1.54) is 6.08 Å². The fourth-order valence-corrected chi connectivity index (χ4v) is 5.13. The molecule has 1 aliphatic carbocycles. The van der Waals surface area contributed by atoms with Crippen molar-refractivity contribution in [2.45, 2.75) is 96.6 Å². The number of esters is 1. The predicted molar refractivity (Wildman–Crippen MR) is 147 cm³/mol. The first kappa shape index (κ1) is 31.8. The molecular weight excluding hydrogens is 518 g/mol. The molecule has 1 aliphatic heterocycles. The smallest absolute Gasteiger partial charge is 0.309 e. The van der Waals surface area contributed by atoms with Crippen molar-refractivity contribution in [3.63, 3.8) is 0 Å². The molecule has 3 rings (SSSR count). The summed E-state index contributed by atoms with van der Waals surface area (Å²) in [7, 11) is 0. The number of hydrogen-bond acceptors (Lipinski definition) is 6. The van der Waals surface area contributed by atoms with Gasteiger partial charge in [-0.25, -0.2) is 0 Å². The lowest BCUT2D eigenvalue weighted by Crippen LogP contribution is -2.31. The lowest BCUT2D eigenvalue weighted by atomic mass is 9.89. The molecule has 1 saturated carbocycles. The molecule has 1 aromatic rings. The molecule has 2 fully saturated rings. The summed E-state index contributed by atoms with van der Waals surface area (Å²) in [5.74, 6) is -6.31. The lowest BCUT2D eigenvalue weighted by Gasteiger charge is -2.28. The summed E-state index contributed by atoms with van der Waals surface area (Å²) < 4.78 is 45.7. The van der Waals surface area contributed by atoms with Gasteiger partial charge in [0, 0.05) is 37.7 Å². The van der Waals surface area contributed by atoms with Crippen molar-refractivity contribution in [2.24, 2.45) is 17.8 Å². The Hall–Kier alpha value is -2.71. The maximum absolute atomic E-state index is 14.3. The fraction of sp³-hybridized carbons (Fsp3) is 0.594. The highest BCUT2D eigenvalue weighted by Gasteiger charge is 2.43. The van der Waals surface area contributed by atoms with Crippen LogP contribution >= 0.6 is 0 Å². The van der Waals surface area contributed by atoms with Crippen molar-refractivity contribution in [2.75, 3.05) is 6.61 Å². The molecule has 0 N–H and O–H groups in total. The molecule has 6 nitrogen and oxygen atoms in total. The number of ketones is 2. The van der Waals surface area contributed by atoms with E-state index in [4.69, 9.17) is 14.2 Å². The Morgan fingerprint density at radius 3 is 2.62 bits per heavy atom. The summed E-state index contributed by atoms with van der Waals surface area (Å²) >= 11 is 0. The Labute approximate surface area is 236 Å². The quantitative estimate of drug-likeness (QED) is 0.102. The molecular formula is C32H42F2O6. The van der Waals surface area contributed by atoms with E-state index in [1.807, 2.05) is 42.5 Å². The van der Waals surface area contributed by atoms with Crippen LogP contribution in [0.2, 0.25) is 0 Å². The van der Waals surface area contributed by atoms with E-state index < -0.39 is 42.4 Å². The first-order valence-electron chi connectivity index (χ1n) is 14.4. The molecule has 0 bridgehead atoms. The predicted octanol–water partition coefficient (Wildman–Crippen LogP) is 6.77. The van der Waals surface area contributed by atoms with Crippen LogP contribution in [0.15, 0.2) is 54.6 Å². The molecule has 0 spiro atoms. The number of benzene rings is 1. The van der Waals surface area contributed by atoms with Gasteiger partial charge in [0.1, 0.15) is 12.4 Å². The Morgan fingerprint density at radius 2 is 1.93 bits per heavy atom. The number of carbonyl (C=O) groups excluding carboxylic acids is 3. The first-order valence-corrected chi connectivity index (χ1v) is 14.4. The van der Waals surface area contributed by atoms with Crippen molar-refractivity contribution in [3.05, 3.63) is 60.2 Å². The molecule has 1 saturated heterocycles. The van der Waals surface area contributed by atoms with Crippen LogP contribution in [-0.2, 0) is 35.2 Å². The van der Waals surface area contributed by atoms with Crippen LogP contribution in [-0.4, -0.2) is 42.5 Å². The highest BCUT2D eigenvalue weighted by Crippen LogP contribution is 2.37. The summed E-state index contributed by atoms with van der Waals surface area (Å²) in [6.45, 7) is 4.11. The Morgan fingerprint density at radius 1 is 1.15 bits per heavy atom. The van der Waals surface area contributed by atoms with Gasteiger partial charge in [0.05, 0.1) is 6.10 Å². The van der Waals surface area contributed by atoms with Gasteiger partial charge in [-0.1, -0.05) is 62.4 Å². The van der Waals surface area contributed by atoms with Crippen molar-refractivity contribution in [3.8, 4) is 0 Å². The number of unbranched alkanes of at least 4 members (excludes halogenated alkanes) is 1. The molecule has 1 heterocycles. The minimum Gasteiger partial charge on any atom is -0.461 e. The van der Waals surface area contributed by atoms with Crippen molar-refractivity contribution in [1.29, 1.82) is 0 Å². The van der Waals surface area contributed by atoms with Gasteiger partial charge in [-0.2, -0.15) is 8.78 Å². The average molecular weight is 561 g/mol. The highest BCUT2D eigenvalue weighted by atomic mass is 19.3. The minimum absolute atomic E-state index is 0.0222. The van der Waals surface area contributed by atoms with Crippen LogP contribution in [0.1, 0.15) is 77.2 Å². The molecule has 0 amide bonds. The number of halogens is 2. The summed E-state index contributed by atoms with van der Waals surface area (Å²) in [5.41, 5.74) is 0.934. The van der Waals surface area contributed by atoms with Crippen LogP contribution in [0.25, 0.3) is 0 Å². The van der Waals surface area contributed by atoms with E-state index in [0.29, 0.717) is 32.3 Å². The van der Waals surface area contributed by atoms with E-state index >= 15 is 0 Å². The van der Waals surface area contributed by atoms with Gasteiger partial charge in [0.2, 0.25) is 5.78 Å². The number of rotatable bonds is 15. The van der Waals surface area contributed by atoms with E-state index in [0.717, 1.165) is 24.5 Å². The zero-order chi connectivity index (χ0) is 29.0. The first-order chi connectivity index (χ1) is 19.2. The van der Waals surface area contributed by atoms with Gasteiger partial charge in [0.25, 0.3) is 0 Å². The maximum atomic E-state index is 14.3. The number of ether oxygens (including phenoxy) is 3. The monoisotopic (exact) mass is 560 g/mol. The number of alkyl halides is 2. The van der Waals surface area contributed by atoms with Gasteiger partial charge in [-0.15, -0.1) is 0 Å². The highest BCUT2D eigenvalue weighted by molar-refractivity contribution is 5.96. The number of Topliss-reactive ketones (excluding diaryl/α,β-unsaturated/α-hetero) is 1. The standard InChI is InChI=1S/C32H42F2O6/c1-23(2)21-32(33,34)29(36)18-17-26-25(27(35)20-28(26)40-31-16-10-11-19-38-31)14-8-3-4-9-15-30(37)39-22-24-12-6-5-7-13-24/h3,5-8,12-13,17-18,23,25-26,28,31H,4,9-11,14-16,19-22H2,1-2H3/b8-3-,18-17+/t25-,26-,28-,31?/m1/s1. The van der Waals surface area contributed by atoms with Gasteiger partial charge in [0.15, 0.2) is 6.29 Å². The summed E-state index contributed by atoms with van der Waals surface area (Å²) in [4.78, 5) is 37.3. The zero-order valence-electron chi connectivity index (χ0n) is 23.6. The molecule has 1 aromatic carbocycles. The van der Waals surface area contributed by atoms with Gasteiger partial charge >= 0.3 is 11.9 Å². The van der Waals surface area contributed by atoms with Crippen molar-refractivity contribution < 1.29 is 37.4 Å². The Kier molecular flexibility index (Phi) is 12.7. The van der Waals surface area contributed by atoms with Crippen molar-refractivity contribution >= 4 is 17.5 Å². The van der Waals surface area contributed by atoms with Gasteiger partial charge in [-0.3, -0.25) is 14.4 Å².